The summed E-state index contributed by atoms with van der Waals surface area (Å²) in [5, 5.41) is 5.84. The molecule has 1 heterocycles. The molecule has 3 aromatic rings. The van der Waals surface area contributed by atoms with Crippen LogP contribution in [0.2, 0.25) is 0 Å². The van der Waals surface area contributed by atoms with E-state index in [0.29, 0.717) is 12.1 Å². The Hall–Kier alpha value is -3.47. The first kappa shape index (κ1) is 20.3. The van der Waals surface area contributed by atoms with Gasteiger partial charge in [0.15, 0.2) is 0 Å². The van der Waals surface area contributed by atoms with Gasteiger partial charge in [-0.25, -0.2) is 0 Å². The van der Waals surface area contributed by atoms with Gasteiger partial charge in [0.05, 0.1) is 0 Å². The van der Waals surface area contributed by atoms with Crippen molar-refractivity contribution in [1.82, 2.24) is 10.3 Å². The summed E-state index contributed by atoms with van der Waals surface area (Å²) in [5.41, 5.74) is 4.69. The fraction of sp³-hybridized carbons (Fsp3) is 0.208. The van der Waals surface area contributed by atoms with Crippen LogP contribution in [0.4, 0.5) is 5.69 Å². The number of para-hydroxylation sites is 1. The molecule has 3 rings (SSSR count). The Morgan fingerprint density at radius 2 is 1.76 bits per heavy atom. The maximum Gasteiger partial charge on any atom is 0.269 e. The molecule has 0 unspecified atom stereocenters. The summed E-state index contributed by atoms with van der Waals surface area (Å²) >= 11 is 0. The Kier molecular flexibility index (Phi) is 6.74. The molecule has 0 aliphatic heterocycles. The molecule has 0 spiro atoms. The van der Waals surface area contributed by atoms with Gasteiger partial charge in [-0.2, -0.15) is 0 Å². The fourth-order valence-corrected chi connectivity index (χ4v) is 3.14. The van der Waals surface area contributed by atoms with Crippen molar-refractivity contribution in [2.45, 2.75) is 26.7 Å². The summed E-state index contributed by atoms with van der Waals surface area (Å²) in [5.74, 6) is -0.546. The van der Waals surface area contributed by atoms with Crippen molar-refractivity contribution in [3.05, 3.63) is 94.8 Å². The first-order valence-corrected chi connectivity index (χ1v) is 9.76. The summed E-state index contributed by atoms with van der Waals surface area (Å²) in [4.78, 5) is 29.3. The van der Waals surface area contributed by atoms with Gasteiger partial charge in [-0.3, -0.25) is 14.6 Å². The zero-order valence-corrected chi connectivity index (χ0v) is 16.7. The number of carbonyl (C=O) groups is 2. The van der Waals surface area contributed by atoms with E-state index >= 15 is 0 Å². The zero-order chi connectivity index (χ0) is 20.6. The average Bonchev–Trinajstić information content (AvgIpc) is 2.75. The van der Waals surface area contributed by atoms with E-state index < -0.39 is 0 Å². The van der Waals surface area contributed by atoms with Crippen LogP contribution in [-0.4, -0.2) is 23.3 Å². The number of nitrogens with one attached hydrogen (secondary N) is 2. The van der Waals surface area contributed by atoms with Crippen LogP contribution in [0, 0.1) is 6.92 Å². The van der Waals surface area contributed by atoms with E-state index in [2.05, 4.69) is 22.5 Å². The van der Waals surface area contributed by atoms with E-state index in [0.717, 1.165) is 35.2 Å². The largest absolute Gasteiger partial charge is 0.350 e. The zero-order valence-electron chi connectivity index (χ0n) is 16.7. The molecular weight excluding hydrogens is 362 g/mol. The summed E-state index contributed by atoms with van der Waals surface area (Å²) in [7, 11) is 0. The molecule has 29 heavy (non-hydrogen) atoms. The standard InChI is InChI=1S/C24H25N3O2/c1-3-19-11-7-8-17(2)22(19)27-23(28)20-13-15-25-21(16-20)24(29)26-14-12-18-9-5-4-6-10-18/h4-11,13,15-16H,3,12,14H2,1-2H3,(H,26,29)(H,27,28). The van der Waals surface area contributed by atoms with Crippen LogP contribution in [0.25, 0.3) is 0 Å². The second kappa shape index (κ2) is 9.64. The van der Waals surface area contributed by atoms with Crippen molar-refractivity contribution < 1.29 is 9.59 Å². The van der Waals surface area contributed by atoms with Gasteiger partial charge >= 0.3 is 0 Å². The van der Waals surface area contributed by atoms with Crippen LogP contribution in [0.1, 0.15) is 44.5 Å². The molecule has 0 saturated carbocycles. The molecule has 2 N–H and O–H groups in total. The molecule has 0 radical (unpaired) electrons. The lowest BCUT2D eigenvalue weighted by Crippen LogP contribution is -2.27. The van der Waals surface area contributed by atoms with Gasteiger partial charge in [0.1, 0.15) is 5.69 Å². The average molecular weight is 387 g/mol. The number of hydrogen-bond acceptors (Lipinski definition) is 3. The number of benzene rings is 2. The number of hydrogen-bond donors (Lipinski definition) is 2. The number of aromatic nitrogens is 1. The van der Waals surface area contributed by atoms with Gasteiger partial charge < -0.3 is 10.6 Å². The third-order valence-corrected chi connectivity index (χ3v) is 4.78. The van der Waals surface area contributed by atoms with Gasteiger partial charge in [-0.1, -0.05) is 55.5 Å². The first-order chi connectivity index (χ1) is 14.1. The Balaban J connectivity index is 1.65. The first-order valence-electron chi connectivity index (χ1n) is 9.76. The lowest BCUT2D eigenvalue weighted by Gasteiger charge is -2.13. The minimum Gasteiger partial charge on any atom is -0.350 e. The van der Waals surface area contributed by atoms with Gasteiger partial charge in [-0.15, -0.1) is 0 Å². The summed E-state index contributed by atoms with van der Waals surface area (Å²) in [6.07, 6.45) is 3.04. The number of nitrogens with zero attached hydrogens (tertiary/aromatic N) is 1. The van der Waals surface area contributed by atoms with Crippen molar-refractivity contribution in [2.24, 2.45) is 0 Å². The van der Waals surface area contributed by atoms with Crippen molar-refractivity contribution in [1.29, 1.82) is 0 Å². The molecule has 0 aliphatic carbocycles. The highest BCUT2D eigenvalue weighted by atomic mass is 16.2. The molecule has 0 saturated heterocycles. The van der Waals surface area contributed by atoms with E-state index in [1.165, 1.54) is 12.3 Å². The van der Waals surface area contributed by atoms with Crippen LogP contribution >= 0.6 is 0 Å². The van der Waals surface area contributed by atoms with Gasteiger partial charge in [0, 0.05) is 24.0 Å². The highest BCUT2D eigenvalue weighted by Gasteiger charge is 2.14. The highest BCUT2D eigenvalue weighted by molar-refractivity contribution is 6.06. The molecular formula is C24H25N3O2. The molecule has 2 aromatic carbocycles. The van der Waals surface area contributed by atoms with E-state index in [1.807, 2.05) is 55.5 Å². The number of pyridine rings is 1. The SMILES string of the molecule is CCc1cccc(C)c1NC(=O)c1ccnc(C(=O)NCCc2ccccc2)c1. The lowest BCUT2D eigenvalue weighted by molar-refractivity contribution is 0.0949. The summed E-state index contributed by atoms with van der Waals surface area (Å²) in [6, 6.07) is 19.0. The molecule has 0 fully saturated rings. The van der Waals surface area contributed by atoms with Gasteiger partial charge in [-0.05, 0) is 48.6 Å². The number of carbonyl (C=O) groups excluding carboxylic acids is 2. The molecule has 2 amide bonds. The van der Waals surface area contributed by atoms with Crippen LogP contribution in [0.15, 0.2) is 66.9 Å². The number of amides is 2. The molecule has 0 aliphatic rings. The number of rotatable bonds is 7. The monoisotopic (exact) mass is 387 g/mol. The molecule has 0 bridgehead atoms. The van der Waals surface area contributed by atoms with Crippen LogP contribution in [0.3, 0.4) is 0 Å². The molecule has 5 nitrogen and oxygen atoms in total. The lowest BCUT2D eigenvalue weighted by atomic mass is 10.1. The Morgan fingerprint density at radius 1 is 0.966 bits per heavy atom. The second-order valence-electron chi connectivity index (χ2n) is 6.84. The van der Waals surface area contributed by atoms with Crippen LogP contribution < -0.4 is 10.6 Å². The Morgan fingerprint density at radius 3 is 2.52 bits per heavy atom. The number of aryl methyl sites for hydroxylation is 2. The molecule has 1 aromatic heterocycles. The second-order valence-corrected chi connectivity index (χ2v) is 6.84. The van der Waals surface area contributed by atoms with E-state index in [-0.39, 0.29) is 17.5 Å². The third kappa shape index (κ3) is 5.29. The predicted molar refractivity (Wildman–Crippen MR) is 115 cm³/mol. The predicted octanol–water partition coefficient (Wildman–Crippen LogP) is 4.18. The minimum absolute atomic E-state index is 0.228. The molecule has 148 valence electrons. The smallest absolute Gasteiger partial charge is 0.269 e. The number of anilines is 1. The topological polar surface area (TPSA) is 71.1 Å². The molecule has 5 heteroatoms. The Bertz CT molecular complexity index is 1000. The highest BCUT2D eigenvalue weighted by Crippen LogP contribution is 2.22. The normalized spacial score (nSPS) is 10.4. The van der Waals surface area contributed by atoms with Crippen molar-refractivity contribution in [3.63, 3.8) is 0 Å². The molecule has 0 atom stereocenters. The van der Waals surface area contributed by atoms with Crippen molar-refractivity contribution >= 4 is 17.5 Å². The van der Waals surface area contributed by atoms with Crippen molar-refractivity contribution in [3.8, 4) is 0 Å². The third-order valence-electron chi connectivity index (χ3n) is 4.78. The van der Waals surface area contributed by atoms with Crippen molar-refractivity contribution in [2.75, 3.05) is 11.9 Å². The minimum atomic E-state index is -0.291. The summed E-state index contributed by atoms with van der Waals surface area (Å²) in [6.45, 7) is 4.52. The quantitative estimate of drug-likeness (QED) is 0.639. The Labute approximate surface area is 171 Å². The maximum atomic E-state index is 12.7. The summed E-state index contributed by atoms with van der Waals surface area (Å²) < 4.78 is 0. The maximum absolute atomic E-state index is 12.7. The van der Waals surface area contributed by atoms with Crippen LogP contribution in [0.5, 0.6) is 0 Å². The van der Waals surface area contributed by atoms with Gasteiger partial charge in [0.2, 0.25) is 0 Å². The van der Waals surface area contributed by atoms with E-state index in [1.54, 1.807) is 6.07 Å². The van der Waals surface area contributed by atoms with Crippen LogP contribution in [-0.2, 0) is 12.8 Å². The van der Waals surface area contributed by atoms with E-state index in [9.17, 15) is 9.59 Å². The van der Waals surface area contributed by atoms with Gasteiger partial charge in [0.25, 0.3) is 11.8 Å². The van der Waals surface area contributed by atoms with E-state index in [4.69, 9.17) is 0 Å². The fourth-order valence-electron chi connectivity index (χ4n) is 3.14.